The molecule has 0 aliphatic carbocycles. The number of nitrogens with one attached hydrogen (secondary N) is 2. The first-order valence-corrected chi connectivity index (χ1v) is 20.6. The van der Waals surface area contributed by atoms with E-state index in [4.69, 9.17) is 40.9 Å². The van der Waals surface area contributed by atoms with Crippen LogP contribution < -0.4 is 22.1 Å². The molecule has 6 N–H and O–H groups in total. The van der Waals surface area contributed by atoms with Crippen LogP contribution in [0.25, 0.3) is 33.7 Å². The molecule has 2 aliphatic heterocycles. The van der Waals surface area contributed by atoms with Gasteiger partial charge in [0.25, 0.3) is 0 Å². The Morgan fingerprint density at radius 1 is 0.581 bits per heavy atom. The molecule has 0 fully saturated rings. The van der Waals surface area contributed by atoms with Crippen LogP contribution in [0.3, 0.4) is 0 Å². The molecule has 0 atom stereocenters. The lowest BCUT2D eigenvalue weighted by atomic mass is 10.1. The molecule has 0 unspecified atom stereocenters. The summed E-state index contributed by atoms with van der Waals surface area (Å²) in [5.74, 6) is 1.80. The van der Waals surface area contributed by atoms with Crippen molar-refractivity contribution in [2.45, 2.75) is 53.0 Å². The summed E-state index contributed by atoms with van der Waals surface area (Å²) in [6, 6.07) is 35.4. The molecule has 10 rings (SSSR count). The fraction of sp³-hybridized carbons (Fsp3) is 0.208. The fourth-order valence-electron chi connectivity index (χ4n) is 8.18. The van der Waals surface area contributed by atoms with Gasteiger partial charge in [-0.05, 0) is 61.4 Å². The molecule has 4 aromatic carbocycles. The van der Waals surface area contributed by atoms with E-state index in [2.05, 4.69) is 34.9 Å². The zero-order valence-electron chi connectivity index (χ0n) is 34.5. The van der Waals surface area contributed by atoms with Crippen LogP contribution in [0, 0.1) is 13.8 Å². The minimum atomic E-state index is -0.448. The van der Waals surface area contributed by atoms with E-state index in [1.165, 1.54) is 11.1 Å². The Labute approximate surface area is 358 Å². The van der Waals surface area contributed by atoms with Crippen LogP contribution >= 0.6 is 0 Å². The van der Waals surface area contributed by atoms with Gasteiger partial charge in [0.2, 0.25) is 23.7 Å². The van der Waals surface area contributed by atoms with Crippen LogP contribution in [-0.4, -0.2) is 54.1 Å². The Bertz CT molecular complexity index is 2760. The molecule has 2 aliphatic rings. The molecular weight excluding hydrogens is 781 g/mol. The number of rotatable bonds is 10. The number of amides is 2. The third-order valence-electron chi connectivity index (χ3n) is 11.2. The number of hydrogen-bond acceptors (Lipinski definition) is 10. The molecule has 14 heteroatoms. The maximum absolute atomic E-state index is 11.9. The van der Waals surface area contributed by atoms with Gasteiger partial charge in [-0.1, -0.05) is 72.8 Å². The maximum Gasteiger partial charge on any atom is 0.249 e. The minimum Gasteiger partial charge on any atom is -0.376 e. The average molecular weight is 827 g/mol. The van der Waals surface area contributed by atoms with Crippen molar-refractivity contribution in [1.29, 1.82) is 0 Å². The summed E-state index contributed by atoms with van der Waals surface area (Å²) >= 11 is 0. The number of hydrogen-bond donors (Lipinski definition) is 4. The summed E-state index contributed by atoms with van der Waals surface area (Å²) in [4.78, 5) is 43.3. The maximum atomic E-state index is 11.9. The number of nitrogens with zero attached hydrogens (tertiary/aromatic N) is 6. The Hall–Kier alpha value is -7.42. The van der Waals surface area contributed by atoms with Crippen LogP contribution in [-0.2, 0) is 48.6 Å². The summed E-state index contributed by atoms with van der Waals surface area (Å²) in [5, 5.41) is 8.54. The van der Waals surface area contributed by atoms with Crippen molar-refractivity contribution in [3.8, 4) is 11.9 Å². The zero-order valence-corrected chi connectivity index (χ0v) is 34.5. The number of fused-ring (bicyclic) bond motifs is 4. The smallest absolute Gasteiger partial charge is 0.249 e. The van der Waals surface area contributed by atoms with Gasteiger partial charge < -0.3 is 31.6 Å². The molecule has 0 radical (unpaired) electrons. The third-order valence-corrected chi connectivity index (χ3v) is 11.2. The molecule has 2 amide bonds. The van der Waals surface area contributed by atoms with E-state index in [1.54, 1.807) is 12.1 Å². The second-order valence-corrected chi connectivity index (χ2v) is 15.3. The van der Waals surface area contributed by atoms with E-state index in [-0.39, 0.29) is 0 Å². The average Bonchev–Trinajstić information content (AvgIpc) is 3.82. The Balaban J connectivity index is 0.000000158. The highest BCUT2D eigenvalue weighted by atomic mass is 16.5. The van der Waals surface area contributed by atoms with Crippen molar-refractivity contribution < 1.29 is 19.1 Å². The molecule has 6 heterocycles. The first kappa shape index (κ1) is 40.0. The highest BCUT2D eigenvalue weighted by molar-refractivity contribution is 6.07. The van der Waals surface area contributed by atoms with E-state index in [0.29, 0.717) is 62.5 Å². The standard InChI is InChI=1S/2C24H23N5O2/c2*1-15-12-18-17(22(25)30)8-5-9-21(18)29(15)24-27-20-10-11-31-14-19(20)23(28-24)26-13-16-6-3-2-4-7-16/h2*2-9,12H,10-11,13-14H2,1H3,(H2,25,30)(H,26,27,28). The Morgan fingerprint density at radius 2 is 1.00 bits per heavy atom. The first-order valence-electron chi connectivity index (χ1n) is 20.6. The van der Waals surface area contributed by atoms with Gasteiger partial charge >= 0.3 is 0 Å². The highest BCUT2D eigenvalue weighted by Gasteiger charge is 2.23. The predicted octanol–water partition coefficient (Wildman–Crippen LogP) is 7.03. The van der Waals surface area contributed by atoms with Crippen molar-refractivity contribution in [2.24, 2.45) is 11.5 Å². The van der Waals surface area contributed by atoms with Gasteiger partial charge in [-0.25, -0.2) is 9.97 Å². The molecule has 312 valence electrons. The van der Waals surface area contributed by atoms with Gasteiger partial charge in [-0.3, -0.25) is 18.7 Å². The molecule has 4 aromatic heterocycles. The predicted molar refractivity (Wildman–Crippen MR) is 238 cm³/mol. The second-order valence-electron chi connectivity index (χ2n) is 15.3. The third kappa shape index (κ3) is 7.96. The molecule has 0 bridgehead atoms. The number of carbonyl (C=O) groups excluding carboxylic acids is 2. The number of anilines is 2. The van der Waals surface area contributed by atoms with Crippen LogP contribution in [0.1, 0.15) is 65.7 Å². The molecule has 0 saturated carbocycles. The molecule has 8 aromatic rings. The Kier molecular flexibility index (Phi) is 11.2. The lowest BCUT2D eigenvalue weighted by Gasteiger charge is -2.21. The molecule has 62 heavy (non-hydrogen) atoms. The molecule has 14 nitrogen and oxygen atoms in total. The molecule has 0 saturated heterocycles. The van der Waals surface area contributed by atoms with Crippen molar-refractivity contribution >= 4 is 45.3 Å². The molecular formula is C48H46N10O4. The second kappa shape index (κ2) is 17.3. The lowest BCUT2D eigenvalue weighted by molar-refractivity contribution is 0.0993. The monoisotopic (exact) mass is 826 g/mol. The summed E-state index contributed by atoms with van der Waals surface area (Å²) in [5.41, 5.74) is 22.0. The lowest BCUT2D eigenvalue weighted by Crippen LogP contribution is -2.19. The summed E-state index contributed by atoms with van der Waals surface area (Å²) < 4.78 is 15.3. The van der Waals surface area contributed by atoms with Crippen LogP contribution in [0.5, 0.6) is 0 Å². The number of carbonyl (C=O) groups is 2. The SMILES string of the molecule is Cc1cc2c(C(N)=O)cccc2n1-c1nc2c(c(NCc3ccccc3)n1)COCC2.Cc1cc2c(C(N)=O)cccc2n1-c1nc2c(c(NCc3ccccc3)n1)COCC2. The van der Waals surface area contributed by atoms with Gasteiger partial charge in [0.15, 0.2) is 0 Å². The van der Waals surface area contributed by atoms with E-state index in [9.17, 15) is 9.59 Å². The van der Waals surface area contributed by atoms with E-state index in [1.807, 2.05) is 95.8 Å². The fourth-order valence-corrected chi connectivity index (χ4v) is 8.18. The largest absolute Gasteiger partial charge is 0.376 e. The number of ether oxygens (including phenoxy) is 2. The number of aromatic nitrogens is 6. The highest BCUT2D eigenvalue weighted by Crippen LogP contribution is 2.31. The van der Waals surface area contributed by atoms with Gasteiger partial charge in [-0.15, -0.1) is 0 Å². The van der Waals surface area contributed by atoms with Crippen molar-refractivity contribution in [3.05, 3.63) is 165 Å². The van der Waals surface area contributed by atoms with Crippen molar-refractivity contribution in [2.75, 3.05) is 23.8 Å². The van der Waals surface area contributed by atoms with Gasteiger partial charge in [-0.2, -0.15) is 9.97 Å². The minimum absolute atomic E-state index is 0.448. The van der Waals surface area contributed by atoms with Gasteiger partial charge in [0, 0.05) is 70.3 Å². The quantitative estimate of drug-likeness (QED) is 0.111. The van der Waals surface area contributed by atoms with Crippen molar-refractivity contribution in [3.63, 3.8) is 0 Å². The molecule has 0 spiro atoms. The summed E-state index contributed by atoms with van der Waals surface area (Å²) in [6.07, 6.45) is 1.46. The van der Waals surface area contributed by atoms with Gasteiger partial charge in [0.1, 0.15) is 11.6 Å². The van der Waals surface area contributed by atoms with Crippen molar-refractivity contribution in [1.82, 2.24) is 29.1 Å². The first-order chi connectivity index (χ1) is 30.2. The Morgan fingerprint density at radius 3 is 1.40 bits per heavy atom. The van der Waals surface area contributed by atoms with Gasteiger partial charge in [0.05, 0.1) is 48.8 Å². The van der Waals surface area contributed by atoms with Crippen LogP contribution in [0.2, 0.25) is 0 Å². The normalized spacial score (nSPS) is 13.2. The number of nitrogens with two attached hydrogens (primary N) is 2. The number of primary amides is 2. The number of benzene rings is 4. The topological polar surface area (TPSA) is 190 Å². The number of aryl methyl sites for hydroxylation is 2. The van der Waals surface area contributed by atoms with Crippen LogP contribution in [0.15, 0.2) is 109 Å². The van der Waals surface area contributed by atoms with E-state index >= 15 is 0 Å². The van der Waals surface area contributed by atoms with E-state index < -0.39 is 11.8 Å². The summed E-state index contributed by atoms with van der Waals surface area (Å²) in [7, 11) is 0. The summed E-state index contributed by atoms with van der Waals surface area (Å²) in [6.45, 7) is 7.52. The zero-order chi connectivity index (χ0) is 42.7. The van der Waals surface area contributed by atoms with E-state index in [0.717, 1.165) is 80.2 Å². The van der Waals surface area contributed by atoms with Crippen LogP contribution in [0.4, 0.5) is 11.6 Å².